The first-order valence-electron chi connectivity index (χ1n) is 10.1. The number of methoxy groups -OCH3 is 1. The Kier molecular flexibility index (Phi) is 10.0. The Hall–Kier alpha value is -1.70. The van der Waals surface area contributed by atoms with E-state index in [1.54, 1.807) is 19.1 Å². The molecule has 0 aromatic heterocycles. The van der Waals surface area contributed by atoms with Gasteiger partial charge in [0, 0.05) is 18.2 Å². The van der Waals surface area contributed by atoms with Crippen molar-refractivity contribution in [1.29, 1.82) is 0 Å². The van der Waals surface area contributed by atoms with E-state index in [9.17, 15) is 9.18 Å². The maximum absolute atomic E-state index is 14.1. The minimum Gasteiger partial charge on any atom is -0.494 e. The highest BCUT2D eigenvalue weighted by atomic mass is 19.1. The topological polar surface area (TPSA) is 82.8 Å². The summed E-state index contributed by atoms with van der Waals surface area (Å²) in [5.74, 6) is -0.628. The minimum atomic E-state index is -0.464. The summed E-state index contributed by atoms with van der Waals surface area (Å²) in [7, 11) is 1.42. The molecule has 29 heavy (non-hydrogen) atoms. The number of benzene rings is 1. The highest BCUT2D eigenvalue weighted by Crippen LogP contribution is 2.25. The molecule has 0 fully saturated rings. The Morgan fingerprint density at radius 3 is 2.48 bits per heavy atom. The van der Waals surface area contributed by atoms with Gasteiger partial charge < -0.3 is 25.3 Å². The Morgan fingerprint density at radius 2 is 1.93 bits per heavy atom. The molecular formula is C22H37FN2O4. The minimum absolute atomic E-state index is 0.113. The quantitative estimate of drug-likeness (QED) is 0.481. The first-order chi connectivity index (χ1) is 13.5. The van der Waals surface area contributed by atoms with Crippen molar-refractivity contribution in [3.63, 3.8) is 0 Å². The lowest BCUT2D eigenvalue weighted by molar-refractivity contribution is -0.143. The second kappa shape index (κ2) is 11.5. The first kappa shape index (κ1) is 25.3. The number of halogens is 1. The van der Waals surface area contributed by atoms with Gasteiger partial charge in [0.15, 0.2) is 11.6 Å². The predicted molar refractivity (Wildman–Crippen MR) is 112 cm³/mol. The van der Waals surface area contributed by atoms with E-state index < -0.39 is 5.82 Å². The molecule has 0 aliphatic heterocycles. The largest absolute Gasteiger partial charge is 0.494 e. The van der Waals surface area contributed by atoms with Crippen LogP contribution < -0.4 is 15.8 Å². The molecule has 0 radical (unpaired) electrons. The number of rotatable bonds is 13. The number of carbonyl (C=O) groups is 1. The Bertz CT molecular complexity index is 644. The molecule has 166 valence electrons. The number of hydrogen-bond acceptors (Lipinski definition) is 6. The van der Waals surface area contributed by atoms with Crippen molar-refractivity contribution in [1.82, 2.24) is 5.32 Å². The fraction of sp³-hybridized carbons (Fsp3) is 0.682. The van der Waals surface area contributed by atoms with Crippen LogP contribution in [0, 0.1) is 5.82 Å². The van der Waals surface area contributed by atoms with Gasteiger partial charge in [-0.25, -0.2) is 4.39 Å². The van der Waals surface area contributed by atoms with Crippen LogP contribution in [0.1, 0.15) is 65.5 Å². The van der Waals surface area contributed by atoms with E-state index in [1.165, 1.54) is 13.2 Å². The molecule has 0 spiro atoms. The van der Waals surface area contributed by atoms with Gasteiger partial charge in [-0.2, -0.15) is 0 Å². The molecule has 1 atom stereocenters. The fourth-order valence-corrected chi connectivity index (χ4v) is 2.80. The molecule has 1 unspecified atom stereocenters. The van der Waals surface area contributed by atoms with Gasteiger partial charge in [0.2, 0.25) is 0 Å². The normalized spacial score (nSPS) is 13.2. The smallest absolute Gasteiger partial charge is 0.307 e. The van der Waals surface area contributed by atoms with Gasteiger partial charge in [-0.15, -0.1) is 0 Å². The average Bonchev–Trinajstić information content (AvgIpc) is 2.59. The van der Waals surface area contributed by atoms with Gasteiger partial charge in [-0.3, -0.25) is 4.79 Å². The third-order valence-corrected chi connectivity index (χ3v) is 4.61. The summed E-state index contributed by atoms with van der Waals surface area (Å²) in [6.45, 7) is 11.2. The molecule has 0 heterocycles. The standard InChI is InChI=1S/C22H37FN2O4/c1-7-28-20(26)15-18(16-8-9-19(27-6)17(23)14-16)25-12-10-22(4,5)29-13-11-21(2,3)24/h8-9,14,18,25H,7,10-13,15,24H2,1-6H3. The van der Waals surface area contributed by atoms with Crippen molar-refractivity contribution in [2.75, 3.05) is 26.9 Å². The van der Waals surface area contributed by atoms with Crippen LogP contribution in [0.4, 0.5) is 4.39 Å². The molecule has 0 aliphatic rings. The zero-order chi connectivity index (χ0) is 22.1. The maximum Gasteiger partial charge on any atom is 0.307 e. The van der Waals surface area contributed by atoms with E-state index in [-0.39, 0.29) is 35.3 Å². The number of ether oxygens (including phenoxy) is 3. The van der Waals surface area contributed by atoms with Crippen LogP contribution in [0.15, 0.2) is 18.2 Å². The van der Waals surface area contributed by atoms with Crippen LogP contribution >= 0.6 is 0 Å². The Morgan fingerprint density at radius 1 is 1.24 bits per heavy atom. The molecule has 7 heteroatoms. The predicted octanol–water partition coefficient (Wildman–Crippen LogP) is 3.73. The highest BCUT2D eigenvalue weighted by Gasteiger charge is 2.23. The van der Waals surface area contributed by atoms with E-state index in [0.29, 0.717) is 25.3 Å². The van der Waals surface area contributed by atoms with Crippen molar-refractivity contribution >= 4 is 5.97 Å². The van der Waals surface area contributed by atoms with Crippen molar-refractivity contribution < 1.29 is 23.4 Å². The first-order valence-corrected chi connectivity index (χ1v) is 10.1. The highest BCUT2D eigenvalue weighted by molar-refractivity contribution is 5.70. The molecule has 0 saturated carbocycles. The van der Waals surface area contributed by atoms with Crippen LogP contribution in [0.25, 0.3) is 0 Å². The lowest BCUT2D eigenvalue weighted by Gasteiger charge is -2.29. The zero-order valence-electron chi connectivity index (χ0n) is 18.6. The van der Waals surface area contributed by atoms with Gasteiger partial charge in [-0.1, -0.05) is 6.07 Å². The van der Waals surface area contributed by atoms with E-state index in [1.807, 2.05) is 27.7 Å². The van der Waals surface area contributed by atoms with Crippen molar-refractivity contribution in [3.05, 3.63) is 29.6 Å². The zero-order valence-corrected chi connectivity index (χ0v) is 18.6. The number of hydrogen-bond donors (Lipinski definition) is 2. The van der Waals surface area contributed by atoms with Crippen LogP contribution in [0.2, 0.25) is 0 Å². The molecule has 6 nitrogen and oxygen atoms in total. The monoisotopic (exact) mass is 412 g/mol. The molecule has 3 N–H and O–H groups in total. The Labute approximate surface area is 174 Å². The van der Waals surface area contributed by atoms with Gasteiger partial charge in [0.25, 0.3) is 0 Å². The number of carbonyl (C=O) groups excluding carboxylic acids is 1. The molecule has 0 saturated heterocycles. The molecule has 1 aromatic rings. The van der Waals surface area contributed by atoms with E-state index >= 15 is 0 Å². The van der Waals surface area contributed by atoms with Crippen LogP contribution in [0.3, 0.4) is 0 Å². The summed E-state index contributed by atoms with van der Waals surface area (Å²) in [6, 6.07) is 4.34. The van der Waals surface area contributed by atoms with Crippen LogP contribution in [-0.4, -0.2) is 44.0 Å². The molecular weight excluding hydrogens is 375 g/mol. The van der Waals surface area contributed by atoms with E-state index in [0.717, 1.165) is 12.8 Å². The second-order valence-corrected chi connectivity index (χ2v) is 8.51. The lowest BCUT2D eigenvalue weighted by Crippen LogP contribution is -2.37. The SMILES string of the molecule is CCOC(=O)CC(NCCC(C)(C)OCCC(C)(C)N)c1ccc(OC)c(F)c1. The molecule has 0 aliphatic carbocycles. The molecule has 1 rings (SSSR count). The summed E-state index contributed by atoms with van der Waals surface area (Å²) < 4.78 is 30.2. The summed E-state index contributed by atoms with van der Waals surface area (Å²) in [6.07, 6.45) is 1.60. The molecule has 0 bridgehead atoms. The average molecular weight is 413 g/mol. The van der Waals surface area contributed by atoms with Gasteiger partial charge in [0.05, 0.1) is 25.7 Å². The third-order valence-electron chi connectivity index (χ3n) is 4.61. The van der Waals surface area contributed by atoms with Gasteiger partial charge in [-0.05, 0) is 71.7 Å². The molecule has 1 aromatic carbocycles. The number of nitrogens with two attached hydrogens (primary N) is 1. The summed E-state index contributed by atoms with van der Waals surface area (Å²) in [5.41, 5.74) is 6.05. The second-order valence-electron chi connectivity index (χ2n) is 8.51. The van der Waals surface area contributed by atoms with E-state index in [2.05, 4.69) is 5.32 Å². The van der Waals surface area contributed by atoms with Crippen LogP contribution in [-0.2, 0) is 14.3 Å². The lowest BCUT2D eigenvalue weighted by atomic mass is 10.0. The van der Waals surface area contributed by atoms with Crippen molar-refractivity contribution in [2.24, 2.45) is 5.73 Å². The van der Waals surface area contributed by atoms with Crippen LogP contribution in [0.5, 0.6) is 5.75 Å². The van der Waals surface area contributed by atoms with E-state index in [4.69, 9.17) is 19.9 Å². The van der Waals surface area contributed by atoms with Crippen molar-refractivity contribution in [2.45, 2.75) is 71.1 Å². The summed E-state index contributed by atoms with van der Waals surface area (Å²) in [4.78, 5) is 12.0. The van der Waals surface area contributed by atoms with Gasteiger partial charge in [0.1, 0.15) is 0 Å². The maximum atomic E-state index is 14.1. The van der Waals surface area contributed by atoms with Crippen molar-refractivity contribution in [3.8, 4) is 5.75 Å². The van der Waals surface area contributed by atoms with Gasteiger partial charge >= 0.3 is 5.97 Å². The number of esters is 1. The fourth-order valence-electron chi connectivity index (χ4n) is 2.80. The molecule has 0 amide bonds. The summed E-state index contributed by atoms with van der Waals surface area (Å²) >= 11 is 0. The Balaban J connectivity index is 2.72. The summed E-state index contributed by atoms with van der Waals surface area (Å²) in [5, 5.41) is 3.34. The third kappa shape index (κ3) is 10.1. The number of nitrogens with one attached hydrogen (secondary N) is 1.